The molecule has 0 aliphatic rings. The van der Waals surface area contributed by atoms with Gasteiger partial charge in [0.25, 0.3) is 0 Å². The van der Waals surface area contributed by atoms with Gasteiger partial charge in [-0.25, -0.2) is 0 Å². The molecule has 100 valence electrons. The maximum atomic E-state index is 12.3. The quantitative estimate of drug-likeness (QED) is 0.849. The third-order valence-electron chi connectivity index (χ3n) is 2.31. The van der Waals surface area contributed by atoms with Crippen LogP contribution >= 0.6 is 0 Å². The molecule has 0 aromatic heterocycles. The number of hydrogen-bond donors (Lipinski definition) is 2. The Labute approximate surface area is 103 Å². The molecule has 6 heteroatoms. The van der Waals surface area contributed by atoms with Gasteiger partial charge in [-0.05, 0) is 24.2 Å². The molecule has 1 aromatic rings. The molecule has 1 rings (SSSR count). The Kier molecular flexibility index (Phi) is 5.15. The molecule has 0 spiro atoms. The van der Waals surface area contributed by atoms with Crippen LogP contribution in [0.25, 0.3) is 0 Å². The number of carbonyl (C=O) groups is 1. The molecule has 0 radical (unpaired) electrons. The van der Waals surface area contributed by atoms with Crippen LogP contribution in [0.1, 0.15) is 18.1 Å². The minimum atomic E-state index is -4.33. The van der Waals surface area contributed by atoms with Gasteiger partial charge < -0.3 is 10.6 Å². The number of carbonyl (C=O) groups excluding carboxylic acids is 1. The third-order valence-corrected chi connectivity index (χ3v) is 2.31. The lowest BCUT2D eigenvalue weighted by Crippen LogP contribution is -2.33. The second-order valence-corrected chi connectivity index (χ2v) is 3.75. The zero-order valence-corrected chi connectivity index (χ0v) is 9.97. The molecule has 2 N–H and O–H groups in total. The van der Waals surface area contributed by atoms with Gasteiger partial charge in [0.1, 0.15) is 0 Å². The predicted molar refractivity (Wildman–Crippen MR) is 61.8 cm³/mol. The van der Waals surface area contributed by atoms with Crippen molar-refractivity contribution in [3.63, 3.8) is 0 Å². The van der Waals surface area contributed by atoms with Gasteiger partial charge in [0.2, 0.25) is 5.91 Å². The van der Waals surface area contributed by atoms with E-state index in [1.54, 1.807) is 0 Å². The Morgan fingerprint density at radius 1 is 1.22 bits per heavy atom. The lowest BCUT2D eigenvalue weighted by Gasteiger charge is -2.08. The van der Waals surface area contributed by atoms with E-state index in [0.717, 1.165) is 12.1 Å². The van der Waals surface area contributed by atoms with Crippen LogP contribution in [0.15, 0.2) is 24.3 Å². The van der Waals surface area contributed by atoms with E-state index >= 15 is 0 Å². The minimum absolute atomic E-state index is 0.184. The zero-order valence-electron chi connectivity index (χ0n) is 9.97. The first-order valence-corrected chi connectivity index (χ1v) is 5.57. The summed E-state index contributed by atoms with van der Waals surface area (Å²) in [6, 6.07) is 4.73. The normalized spacial score (nSPS) is 11.3. The van der Waals surface area contributed by atoms with Gasteiger partial charge in [-0.2, -0.15) is 13.2 Å². The average molecular weight is 260 g/mol. The van der Waals surface area contributed by atoms with Gasteiger partial charge in [0.15, 0.2) is 0 Å². The number of amides is 1. The largest absolute Gasteiger partial charge is 0.416 e. The highest BCUT2D eigenvalue weighted by atomic mass is 19.4. The highest BCUT2D eigenvalue weighted by molar-refractivity contribution is 5.77. The van der Waals surface area contributed by atoms with Crippen LogP contribution < -0.4 is 10.6 Å². The highest BCUT2D eigenvalue weighted by Gasteiger charge is 2.29. The van der Waals surface area contributed by atoms with Crippen molar-refractivity contribution in [2.75, 3.05) is 13.1 Å². The van der Waals surface area contributed by atoms with Gasteiger partial charge in [-0.15, -0.1) is 0 Å². The van der Waals surface area contributed by atoms with Crippen molar-refractivity contribution in [3.8, 4) is 0 Å². The molecular weight excluding hydrogens is 245 g/mol. The molecule has 0 fully saturated rings. The first-order chi connectivity index (χ1) is 8.43. The van der Waals surface area contributed by atoms with E-state index in [4.69, 9.17) is 0 Å². The molecule has 3 nitrogen and oxygen atoms in total. The fraction of sp³-hybridized carbons (Fsp3) is 0.417. The van der Waals surface area contributed by atoms with Crippen LogP contribution in [-0.2, 0) is 17.5 Å². The van der Waals surface area contributed by atoms with Crippen molar-refractivity contribution in [2.45, 2.75) is 19.6 Å². The monoisotopic (exact) mass is 260 g/mol. The van der Waals surface area contributed by atoms with Crippen molar-refractivity contribution in [2.24, 2.45) is 0 Å². The molecular formula is C12H15F3N2O. The predicted octanol–water partition coefficient (Wildman–Crippen LogP) is 1.93. The van der Waals surface area contributed by atoms with Gasteiger partial charge in [-0.1, -0.05) is 19.1 Å². The van der Waals surface area contributed by atoms with Crippen LogP contribution in [0.3, 0.4) is 0 Å². The van der Waals surface area contributed by atoms with E-state index in [1.165, 1.54) is 12.1 Å². The lowest BCUT2D eigenvalue weighted by molar-refractivity contribution is -0.137. The molecule has 1 amide bonds. The van der Waals surface area contributed by atoms with Crippen LogP contribution in [-0.4, -0.2) is 19.0 Å². The Morgan fingerprint density at radius 2 is 1.83 bits per heavy atom. The molecule has 0 saturated heterocycles. The van der Waals surface area contributed by atoms with Crippen molar-refractivity contribution in [3.05, 3.63) is 35.4 Å². The molecule has 0 aliphatic carbocycles. The molecule has 0 unspecified atom stereocenters. The number of benzene rings is 1. The number of likely N-dealkylation sites (N-methyl/N-ethyl adjacent to an activating group) is 1. The summed E-state index contributed by atoms with van der Waals surface area (Å²) in [5.74, 6) is -0.184. The molecule has 0 aliphatic heterocycles. The molecule has 0 heterocycles. The second kappa shape index (κ2) is 6.39. The Bertz CT molecular complexity index is 387. The molecule has 0 atom stereocenters. The Balaban J connectivity index is 2.47. The van der Waals surface area contributed by atoms with Crippen LogP contribution in [0, 0.1) is 0 Å². The van der Waals surface area contributed by atoms with Gasteiger partial charge in [0, 0.05) is 6.54 Å². The first kappa shape index (κ1) is 14.5. The summed E-state index contributed by atoms with van der Waals surface area (Å²) in [6.07, 6.45) is -4.33. The molecule has 0 bridgehead atoms. The summed E-state index contributed by atoms with van der Waals surface area (Å²) in [6.45, 7) is 3.00. The van der Waals surface area contributed by atoms with Crippen molar-refractivity contribution in [1.29, 1.82) is 0 Å². The summed E-state index contributed by atoms with van der Waals surface area (Å²) in [5.41, 5.74) is -0.0573. The van der Waals surface area contributed by atoms with Crippen LogP contribution in [0.5, 0.6) is 0 Å². The van der Waals surface area contributed by atoms with Crippen LogP contribution in [0.4, 0.5) is 13.2 Å². The summed E-state index contributed by atoms with van der Waals surface area (Å²) < 4.78 is 36.9. The second-order valence-electron chi connectivity index (χ2n) is 3.75. The van der Waals surface area contributed by atoms with Gasteiger partial charge in [0.05, 0.1) is 12.1 Å². The van der Waals surface area contributed by atoms with Crippen molar-refractivity contribution < 1.29 is 18.0 Å². The fourth-order valence-corrected chi connectivity index (χ4v) is 1.31. The lowest BCUT2D eigenvalue weighted by atomic mass is 10.1. The highest BCUT2D eigenvalue weighted by Crippen LogP contribution is 2.28. The maximum Gasteiger partial charge on any atom is 0.416 e. The van der Waals surface area contributed by atoms with E-state index in [0.29, 0.717) is 12.1 Å². The molecule has 1 aromatic carbocycles. The van der Waals surface area contributed by atoms with Crippen molar-refractivity contribution >= 4 is 5.91 Å². The maximum absolute atomic E-state index is 12.3. The summed E-state index contributed by atoms with van der Waals surface area (Å²) in [7, 11) is 0. The minimum Gasteiger partial charge on any atom is -0.351 e. The van der Waals surface area contributed by atoms with Crippen LogP contribution in [0.2, 0.25) is 0 Å². The zero-order chi connectivity index (χ0) is 13.6. The summed E-state index contributed by atoms with van der Waals surface area (Å²) in [5, 5.41) is 5.46. The molecule has 18 heavy (non-hydrogen) atoms. The number of nitrogens with one attached hydrogen (secondary N) is 2. The van der Waals surface area contributed by atoms with Gasteiger partial charge >= 0.3 is 6.18 Å². The number of halogens is 3. The topological polar surface area (TPSA) is 41.1 Å². The van der Waals surface area contributed by atoms with E-state index in [1.807, 2.05) is 6.92 Å². The first-order valence-electron chi connectivity index (χ1n) is 5.57. The SMILES string of the molecule is CCNCC(=O)NCc1ccc(C(F)(F)F)cc1. The van der Waals surface area contributed by atoms with E-state index < -0.39 is 11.7 Å². The van der Waals surface area contributed by atoms with Gasteiger partial charge in [-0.3, -0.25) is 4.79 Å². The standard InChI is InChI=1S/C12H15F3N2O/c1-2-16-8-11(18)17-7-9-3-5-10(6-4-9)12(13,14)15/h3-6,16H,2,7-8H2,1H3,(H,17,18). The summed E-state index contributed by atoms with van der Waals surface area (Å²) in [4.78, 5) is 11.2. The van der Waals surface area contributed by atoms with E-state index in [-0.39, 0.29) is 19.0 Å². The average Bonchev–Trinajstić information content (AvgIpc) is 2.33. The Hall–Kier alpha value is -1.56. The number of hydrogen-bond acceptors (Lipinski definition) is 2. The van der Waals surface area contributed by atoms with Crippen molar-refractivity contribution in [1.82, 2.24) is 10.6 Å². The summed E-state index contributed by atoms with van der Waals surface area (Å²) >= 11 is 0. The molecule has 0 saturated carbocycles. The smallest absolute Gasteiger partial charge is 0.351 e. The Morgan fingerprint density at radius 3 is 2.33 bits per heavy atom. The third kappa shape index (κ3) is 4.75. The fourth-order valence-electron chi connectivity index (χ4n) is 1.31. The number of rotatable bonds is 5. The van der Waals surface area contributed by atoms with E-state index in [9.17, 15) is 18.0 Å². The van der Waals surface area contributed by atoms with E-state index in [2.05, 4.69) is 10.6 Å². The number of alkyl halides is 3.